The molecule has 0 saturated carbocycles. The Balaban J connectivity index is 1.38. The number of ether oxygens (including phenoxy) is 2. The van der Waals surface area contributed by atoms with Gasteiger partial charge >= 0.3 is 12.1 Å². The van der Waals surface area contributed by atoms with E-state index in [2.05, 4.69) is 17.4 Å². The number of methoxy groups -OCH3 is 1. The van der Waals surface area contributed by atoms with Crippen LogP contribution in [0.15, 0.2) is 65.1 Å². The molecule has 1 atom stereocenters. The summed E-state index contributed by atoms with van der Waals surface area (Å²) >= 11 is 0. The van der Waals surface area contributed by atoms with Crippen LogP contribution in [0.3, 0.4) is 0 Å². The molecule has 3 aromatic rings. The molecule has 1 aliphatic carbocycles. The Morgan fingerprint density at radius 1 is 1.03 bits per heavy atom. The van der Waals surface area contributed by atoms with Gasteiger partial charge in [0.1, 0.15) is 18.4 Å². The quantitative estimate of drug-likeness (QED) is 0.483. The Kier molecular flexibility index (Phi) is 7.17. The predicted octanol–water partition coefficient (Wildman–Crippen LogP) is 3.49. The van der Waals surface area contributed by atoms with Crippen molar-refractivity contribution in [1.82, 2.24) is 10.2 Å². The summed E-state index contributed by atoms with van der Waals surface area (Å²) in [5, 5.41) is 11.6. The Morgan fingerprint density at radius 2 is 1.66 bits per heavy atom. The maximum absolute atomic E-state index is 12.9. The highest BCUT2D eigenvalue weighted by Crippen LogP contribution is 2.44. The number of aromatic carboxylic acids is 1. The summed E-state index contributed by atoms with van der Waals surface area (Å²) in [6.45, 7) is 0.0819. The molecule has 0 spiro atoms. The van der Waals surface area contributed by atoms with Crippen LogP contribution in [0, 0.1) is 0 Å². The molecule has 9 nitrogen and oxygen atoms in total. The van der Waals surface area contributed by atoms with Crippen molar-refractivity contribution in [3.05, 3.63) is 83.3 Å². The number of amides is 2. The highest BCUT2D eigenvalue weighted by molar-refractivity contribution is 5.86. The first-order valence-electron chi connectivity index (χ1n) is 11.1. The minimum absolute atomic E-state index is 0.0265. The molecule has 1 aromatic heterocycles. The van der Waals surface area contributed by atoms with Crippen molar-refractivity contribution < 1.29 is 33.4 Å². The summed E-state index contributed by atoms with van der Waals surface area (Å²) in [6, 6.07) is 17.8. The number of fused-ring (bicyclic) bond motifs is 3. The lowest BCUT2D eigenvalue weighted by molar-refractivity contribution is -0.134. The van der Waals surface area contributed by atoms with Crippen LogP contribution in [-0.4, -0.2) is 61.4 Å². The van der Waals surface area contributed by atoms with Gasteiger partial charge in [0.05, 0.1) is 13.2 Å². The van der Waals surface area contributed by atoms with E-state index in [4.69, 9.17) is 19.0 Å². The number of nitrogens with one attached hydrogen (secondary N) is 1. The lowest BCUT2D eigenvalue weighted by Crippen LogP contribution is -2.49. The SMILES string of the molecule is COCC(NC(=O)OCC1c2ccccc2-c2ccccc21)C(=O)N(C)Cc1ccc(C(=O)O)o1. The van der Waals surface area contributed by atoms with Gasteiger partial charge in [0.15, 0.2) is 0 Å². The first-order valence-corrected chi connectivity index (χ1v) is 11.1. The highest BCUT2D eigenvalue weighted by Gasteiger charge is 2.30. The summed E-state index contributed by atoms with van der Waals surface area (Å²) in [5.41, 5.74) is 4.42. The zero-order valence-corrected chi connectivity index (χ0v) is 19.4. The third-order valence-electron chi connectivity index (χ3n) is 5.91. The minimum atomic E-state index is -1.19. The molecule has 1 unspecified atom stereocenters. The van der Waals surface area contributed by atoms with Gasteiger partial charge in [-0.3, -0.25) is 4.79 Å². The van der Waals surface area contributed by atoms with E-state index in [0.29, 0.717) is 5.76 Å². The van der Waals surface area contributed by atoms with Gasteiger partial charge in [-0.2, -0.15) is 0 Å². The van der Waals surface area contributed by atoms with Gasteiger partial charge in [0.2, 0.25) is 11.7 Å². The van der Waals surface area contributed by atoms with Crippen LogP contribution in [0.2, 0.25) is 0 Å². The lowest BCUT2D eigenvalue weighted by Gasteiger charge is -2.23. The number of furan rings is 1. The molecule has 182 valence electrons. The number of alkyl carbamates (subject to hydrolysis) is 1. The van der Waals surface area contributed by atoms with Crippen molar-refractivity contribution in [3.8, 4) is 11.1 Å². The maximum atomic E-state index is 12.9. The molecule has 2 N–H and O–H groups in total. The number of nitrogens with zero attached hydrogens (tertiary/aromatic N) is 1. The number of rotatable bonds is 9. The number of carbonyl (C=O) groups is 3. The fraction of sp³-hybridized carbons (Fsp3) is 0.269. The zero-order valence-electron chi connectivity index (χ0n) is 19.4. The average molecular weight is 479 g/mol. The molecule has 2 amide bonds. The van der Waals surface area contributed by atoms with E-state index in [1.54, 1.807) is 0 Å². The summed E-state index contributed by atoms with van der Waals surface area (Å²) in [5.74, 6) is -1.65. The van der Waals surface area contributed by atoms with E-state index in [1.807, 2.05) is 36.4 Å². The van der Waals surface area contributed by atoms with Crippen LogP contribution in [0.25, 0.3) is 11.1 Å². The number of benzene rings is 2. The van der Waals surface area contributed by atoms with E-state index < -0.39 is 24.0 Å². The Morgan fingerprint density at radius 3 is 2.23 bits per heavy atom. The summed E-state index contributed by atoms with van der Waals surface area (Å²) in [6.07, 6.45) is -0.734. The number of carbonyl (C=O) groups excluding carboxylic acids is 2. The molecule has 0 fully saturated rings. The number of carboxylic acid groups (broad SMARTS) is 1. The van der Waals surface area contributed by atoms with Crippen molar-refractivity contribution in [1.29, 1.82) is 0 Å². The number of likely N-dealkylation sites (N-methyl/N-ethyl adjacent to an activating group) is 1. The van der Waals surface area contributed by atoms with E-state index in [-0.39, 0.29) is 31.4 Å². The van der Waals surface area contributed by atoms with Gasteiger partial charge in [-0.25, -0.2) is 9.59 Å². The number of hydrogen-bond acceptors (Lipinski definition) is 6. The van der Waals surface area contributed by atoms with Gasteiger partial charge in [-0.05, 0) is 34.4 Å². The van der Waals surface area contributed by atoms with Crippen LogP contribution < -0.4 is 5.32 Å². The fourth-order valence-electron chi connectivity index (χ4n) is 4.28. The maximum Gasteiger partial charge on any atom is 0.407 e. The van der Waals surface area contributed by atoms with Crippen LogP contribution in [0.1, 0.15) is 33.4 Å². The Hall–Kier alpha value is -4.11. The molecule has 0 aliphatic heterocycles. The van der Waals surface area contributed by atoms with Gasteiger partial charge in [-0.1, -0.05) is 48.5 Å². The van der Waals surface area contributed by atoms with Crippen molar-refractivity contribution in [3.63, 3.8) is 0 Å². The van der Waals surface area contributed by atoms with E-state index in [1.165, 1.54) is 31.2 Å². The second kappa shape index (κ2) is 10.4. The summed E-state index contributed by atoms with van der Waals surface area (Å²) in [4.78, 5) is 37.9. The van der Waals surface area contributed by atoms with Crippen LogP contribution in [-0.2, 0) is 20.8 Å². The van der Waals surface area contributed by atoms with Crippen molar-refractivity contribution in [2.45, 2.75) is 18.5 Å². The third-order valence-corrected chi connectivity index (χ3v) is 5.91. The molecule has 4 rings (SSSR count). The van der Waals surface area contributed by atoms with E-state index in [0.717, 1.165) is 22.3 Å². The molecule has 2 aromatic carbocycles. The number of hydrogen-bond donors (Lipinski definition) is 2. The zero-order chi connectivity index (χ0) is 24.9. The van der Waals surface area contributed by atoms with Crippen molar-refractivity contribution in [2.24, 2.45) is 0 Å². The van der Waals surface area contributed by atoms with Gasteiger partial charge < -0.3 is 29.2 Å². The lowest BCUT2D eigenvalue weighted by atomic mass is 9.98. The smallest absolute Gasteiger partial charge is 0.407 e. The van der Waals surface area contributed by atoms with Gasteiger partial charge in [-0.15, -0.1) is 0 Å². The van der Waals surface area contributed by atoms with E-state index in [9.17, 15) is 14.4 Å². The molecule has 0 bridgehead atoms. The topological polar surface area (TPSA) is 118 Å². The van der Waals surface area contributed by atoms with E-state index >= 15 is 0 Å². The average Bonchev–Trinajstić information content (AvgIpc) is 3.45. The molecule has 0 saturated heterocycles. The van der Waals surface area contributed by atoms with Gasteiger partial charge in [0.25, 0.3) is 0 Å². The third kappa shape index (κ3) is 5.20. The summed E-state index contributed by atoms with van der Waals surface area (Å²) < 4.78 is 15.9. The molecule has 9 heteroatoms. The first kappa shape index (κ1) is 24.0. The molecule has 35 heavy (non-hydrogen) atoms. The minimum Gasteiger partial charge on any atom is -0.475 e. The van der Waals surface area contributed by atoms with Gasteiger partial charge in [0, 0.05) is 20.1 Å². The normalized spacial score (nSPS) is 13.0. The largest absolute Gasteiger partial charge is 0.475 e. The van der Waals surface area contributed by atoms with Crippen LogP contribution >= 0.6 is 0 Å². The highest BCUT2D eigenvalue weighted by atomic mass is 16.5. The molecular formula is C26H26N2O7. The Labute approximate surface area is 202 Å². The first-order chi connectivity index (χ1) is 16.9. The monoisotopic (exact) mass is 478 g/mol. The van der Waals surface area contributed by atoms with Crippen LogP contribution in [0.5, 0.6) is 0 Å². The summed E-state index contributed by atoms with van der Waals surface area (Å²) in [7, 11) is 2.94. The second-order valence-corrected chi connectivity index (χ2v) is 8.24. The molecule has 0 radical (unpaired) electrons. The predicted molar refractivity (Wildman–Crippen MR) is 126 cm³/mol. The molecular weight excluding hydrogens is 452 g/mol. The Bertz CT molecular complexity index is 1190. The number of carboxylic acids is 1. The molecule has 1 heterocycles. The van der Waals surface area contributed by atoms with Crippen LogP contribution in [0.4, 0.5) is 4.79 Å². The molecule has 1 aliphatic rings. The standard InChI is InChI=1S/C26H26N2O7/c1-28(13-16-11-12-23(35-16)25(30)31)24(29)22(15-33-2)27-26(32)34-14-21-19-9-5-3-7-17(19)18-8-4-6-10-20(18)21/h3-12,21-22H,13-15H2,1-2H3,(H,27,32)(H,30,31). The van der Waals surface area contributed by atoms with Crippen molar-refractivity contribution in [2.75, 3.05) is 27.4 Å². The fourth-order valence-corrected chi connectivity index (χ4v) is 4.28. The second-order valence-electron chi connectivity index (χ2n) is 8.24. The van der Waals surface area contributed by atoms with Crippen molar-refractivity contribution >= 4 is 18.0 Å².